The molecule has 0 atom stereocenters. The lowest BCUT2D eigenvalue weighted by atomic mass is 9.81. The third-order valence-electron chi connectivity index (χ3n) is 11.1. The first-order valence-electron chi connectivity index (χ1n) is 18.3. The summed E-state index contributed by atoms with van der Waals surface area (Å²) >= 11 is 0. The number of benzene rings is 8. The topological polar surface area (TPSA) is 16.4 Å². The van der Waals surface area contributed by atoms with Crippen LogP contribution in [0.15, 0.2) is 192 Å². The Morgan fingerprint density at radius 2 is 0.887 bits per heavy atom. The van der Waals surface area contributed by atoms with Crippen molar-refractivity contribution < 1.29 is 4.42 Å². The minimum absolute atomic E-state index is 0.266. The number of rotatable bonds is 6. The van der Waals surface area contributed by atoms with Gasteiger partial charge in [-0.2, -0.15) is 0 Å². The van der Waals surface area contributed by atoms with Gasteiger partial charge in [0.25, 0.3) is 0 Å². The SMILES string of the molecule is CC1(C)c2cc(N(c3ccc(-c4ccccc4)cc3)c3ccc(-c4ccccc4)cc3)ccc2-c2c1cc1oc3ccccc3c1c2-c1ccccc1. The predicted molar refractivity (Wildman–Crippen MR) is 222 cm³/mol. The number of hydrogen-bond acceptors (Lipinski definition) is 2. The van der Waals surface area contributed by atoms with Crippen molar-refractivity contribution in [1.29, 1.82) is 0 Å². The summed E-state index contributed by atoms with van der Waals surface area (Å²) < 4.78 is 6.58. The highest BCUT2D eigenvalue weighted by molar-refractivity contribution is 6.17. The molecule has 0 bridgehead atoms. The molecule has 10 rings (SSSR count). The van der Waals surface area contributed by atoms with Gasteiger partial charge >= 0.3 is 0 Å². The molecule has 0 spiro atoms. The summed E-state index contributed by atoms with van der Waals surface area (Å²) in [4.78, 5) is 2.39. The van der Waals surface area contributed by atoms with Crippen LogP contribution in [0.3, 0.4) is 0 Å². The highest BCUT2D eigenvalue weighted by Crippen LogP contribution is 2.56. The van der Waals surface area contributed by atoms with E-state index in [0.717, 1.165) is 33.6 Å². The van der Waals surface area contributed by atoms with E-state index in [9.17, 15) is 0 Å². The van der Waals surface area contributed by atoms with Crippen LogP contribution in [0, 0.1) is 0 Å². The van der Waals surface area contributed by atoms with Crippen LogP contribution in [0.5, 0.6) is 0 Å². The quantitative estimate of drug-likeness (QED) is 0.174. The van der Waals surface area contributed by atoms with Gasteiger partial charge in [-0.25, -0.2) is 0 Å². The van der Waals surface area contributed by atoms with Crippen LogP contribution >= 0.6 is 0 Å². The number of fused-ring (bicyclic) bond motifs is 6. The fourth-order valence-corrected chi connectivity index (χ4v) is 8.42. The van der Waals surface area contributed by atoms with Crippen LogP contribution in [-0.2, 0) is 5.41 Å². The maximum absolute atomic E-state index is 6.58. The van der Waals surface area contributed by atoms with Crippen LogP contribution in [0.25, 0.3) is 66.4 Å². The second-order valence-corrected chi connectivity index (χ2v) is 14.5. The first-order valence-corrected chi connectivity index (χ1v) is 18.3. The van der Waals surface area contributed by atoms with E-state index < -0.39 is 0 Å². The van der Waals surface area contributed by atoms with Crippen LogP contribution in [0.1, 0.15) is 25.0 Å². The maximum atomic E-state index is 6.58. The van der Waals surface area contributed by atoms with Gasteiger partial charge in [0.05, 0.1) is 0 Å². The lowest BCUT2D eigenvalue weighted by molar-refractivity contribution is 0.647. The van der Waals surface area contributed by atoms with E-state index in [1.165, 1.54) is 61.0 Å². The third-order valence-corrected chi connectivity index (χ3v) is 11.1. The molecule has 0 saturated heterocycles. The van der Waals surface area contributed by atoms with Gasteiger partial charge in [0.1, 0.15) is 11.2 Å². The van der Waals surface area contributed by atoms with Crippen molar-refractivity contribution in [2.45, 2.75) is 19.3 Å². The molecule has 0 amide bonds. The summed E-state index contributed by atoms with van der Waals surface area (Å²) in [6, 6.07) is 67.7. The van der Waals surface area contributed by atoms with E-state index in [4.69, 9.17) is 4.42 Å². The van der Waals surface area contributed by atoms with Crippen molar-refractivity contribution in [2.24, 2.45) is 0 Å². The van der Waals surface area contributed by atoms with Gasteiger partial charge in [-0.15, -0.1) is 0 Å². The van der Waals surface area contributed by atoms with E-state index in [1.54, 1.807) is 0 Å². The number of furan rings is 1. The monoisotopic (exact) mass is 679 g/mol. The van der Waals surface area contributed by atoms with E-state index in [2.05, 4.69) is 207 Å². The third kappa shape index (κ3) is 5.10. The number of nitrogens with zero attached hydrogens (tertiary/aromatic N) is 1. The average molecular weight is 680 g/mol. The van der Waals surface area contributed by atoms with Gasteiger partial charge in [0.15, 0.2) is 0 Å². The molecule has 2 heteroatoms. The van der Waals surface area contributed by atoms with Crippen molar-refractivity contribution >= 4 is 39.0 Å². The number of para-hydroxylation sites is 1. The van der Waals surface area contributed by atoms with Crippen LogP contribution in [0.4, 0.5) is 17.1 Å². The summed E-state index contributed by atoms with van der Waals surface area (Å²) in [5.41, 5.74) is 17.4. The maximum Gasteiger partial charge on any atom is 0.136 e. The van der Waals surface area contributed by atoms with Crippen LogP contribution < -0.4 is 4.90 Å². The Balaban J connectivity index is 1.16. The second kappa shape index (κ2) is 12.3. The molecule has 0 radical (unpaired) electrons. The Hall–Kier alpha value is -6.64. The molecule has 0 N–H and O–H groups in total. The molecule has 0 fully saturated rings. The van der Waals surface area contributed by atoms with Crippen LogP contribution in [-0.4, -0.2) is 0 Å². The standard InChI is InChI=1S/C51H37NO/c1-51(2)44-32-41(30-31-42(44)49-45(51)33-47-50(43-20-12-13-21-46(43)53-47)48(49)38-18-10-5-11-19-38)52(39-26-22-36(23-27-39)34-14-6-3-7-15-34)40-28-24-37(25-29-40)35-16-8-4-9-17-35/h3-33H,1-2H3. The van der Waals surface area contributed by atoms with E-state index in [1.807, 2.05) is 0 Å². The molecule has 252 valence electrons. The molecule has 0 aliphatic heterocycles. The Morgan fingerprint density at radius 3 is 1.47 bits per heavy atom. The van der Waals surface area contributed by atoms with Crippen molar-refractivity contribution in [3.05, 3.63) is 199 Å². The number of hydrogen-bond donors (Lipinski definition) is 0. The van der Waals surface area contributed by atoms with Gasteiger partial charge in [-0.1, -0.05) is 153 Å². The zero-order chi connectivity index (χ0) is 35.5. The highest BCUT2D eigenvalue weighted by atomic mass is 16.3. The minimum Gasteiger partial charge on any atom is -0.456 e. The van der Waals surface area contributed by atoms with Gasteiger partial charge < -0.3 is 9.32 Å². The smallest absolute Gasteiger partial charge is 0.136 e. The van der Waals surface area contributed by atoms with Gasteiger partial charge in [-0.3, -0.25) is 0 Å². The van der Waals surface area contributed by atoms with Crippen molar-refractivity contribution in [3.63, 3.8) is 0 Å². The van der Waals surface area contributed by atoms with Crippen LogP contribution in [0.2, 0.25) is 0 Å². The van der Waals surface area contributed by atoms with Gasteiger partial charge in [-0.05, 0) is 98.6 Å². The molecule has 2 nitrogen and oxygen atoms in total. The largest absolute Gasteiger partial charge is 0.456 e. The molecule has 0 unspecified atom stereocenters. The van der Waals surface area contributed by atoms with Crippen molar-refractivity contribution in [2.75, 3.05) is 4.90 Å². The summed E-state index contributed by atoms with van der Waals surface area (Å²) in [5.74, 6) is 0. The lowest BCUT2D eigenvalue weighted by Gasteiger charge is -2.28. The average Bonchev–Trinajstić information content (AvgIpc) is 3.70. The minimum atomic E-state index is -0.266. The first-order chi connectivity index (χ1) is 26.0. The normalized spacial score (nSPS) is 12.9. The zero-order valence-corrected chi connectivity index (χ0v) is 29.8. The Kier molecular flexibility index (Phi) is 7.19. The summed E-state index contributed by atoms with van der Waals surface area (Å²) in [7, 11) is 0. The summed E-state index contributed by atoms with van der Waals surface area (Å²) in [6.45, 7) is 4.72. The summed E-state index contributed by atoms with van der Waals surface area (Å²) in [6.07, 6.45) is 0. The molecule has 8 aromatic carbocycles. The second-order valence-electron chi connectivity index (χ2n) is 14.5. The Bertz CT molecular complexity index is 2680. The molecule has 1 heterocycles. The molecular weight excluding hydrogens is 643 g/mol. The highest BCUT2D eigenvalue weighted by Gasteiger charge is 2.39. The molecule has 9 aromatic rings. The Labute approximate surface area is 310 Å². The van der Waals surface area contributed by atoms with Gasteiger partial charge in [0.2, 0.25) is 0 Å². The Morgan fingerprint density at radius 1 is 0.396 bits per heavy atom. The van der Waals surface area contributed by atoms with E-state index in [0.29, 0.717) is 0 Å². The van der Waals surface area contributed by atoms with E-state index >= 15 is 0 Å². The zero-order valence-electron chi connectivity index (χ0n) is 29.8. The van der Waals surface area contributed by atoms with Crippen molar-refractivity contribution in [1.82, 2.24) is 0 Å². The lowest BCUT2D eigenvalue weighted by Crippen LogP contribution is -2.16. The number of anilines is 3. The molecule has 1 aromatic heterocycles. The van der Waals surface area contributed by atoms with E-state index in [-0.39, 0.29) is 5.41 Å². The molecular formula is C51H37NO. The van der Waals surface area contributed by atoms with Crippen molar-refractivity contribution in [3.8, 4) is 44.5 Å². The van der Waals surface area contributed by atoms with Gasteiger partial charge in [0, 0.05) is 38.8 Å². The molecule has 0 saturated carbocycles. The summed E-state index contributed by atoms with van der Waals surface area (Å²) in [5, 5.41) is 2.33. The fraction of sp³-hybridized carbons (Fsp3) is 0.0588. The first kappa shape index (κ1) is 31.1. The molecule has 53 heavy (non-hydrogen) atoms. The molecule has 1 aliphatic carbocycles. The fourth-order valence-electron chi connectivity index (χ4n) is 8.42. The molecule has 1 aliphatic rings. The predicted octanol–water partition coefficient (Wildman–Crippen LogP) is 14.4.